The van der Waals surface area contributed by atoms with Crippen molar-refractivity contribution in [1.82, 2.24) is 5.32 Å². The number of hydrogen-bond acceptors (Lipinski definition) is 3. The Morgan fingerprint density at radius 1 is 1.18 bits per heavy atom. The molecule has 1 aromatic rings. The third kappa shape index (κ3) is 2.52. The Labute approximate surface area is 101 Å². The number of alkyl halides is 1. The van der Waals surface area contributed by atoms with E-state index in [9.17, 15) is 4.39 Å². The first kappa shape index (κ1) is 12.2. The molecule has 1 heterocycles. The van der Waals surface area contributed by atoms with E-state index in [2.05, 4.69) is 5.32 Å². The van der Waals surface area contributed by atoms with Gasteiger partial charge in [-0.1, -0.05) is 0 Å². The SMILES string of the molecule is COc1cc(OC)cc(C2(F)CCCNC2)c1. The van der Waals surface area contributed by atoms with Crippen LogP contribution in [-0.2, 0) is 5.67 Å². The Morgan fingerprint density at radius 2 is 1.82 bits per heavy atom. The summed E-state index contributed by atoms with van der Waals surface area (Å²) in [4.78, 5) is 0. The molecule has 1 aliphatic rings. The normalized spacial score (nSPS) is 24.4. The quantitative estimate of drug-likeness (QED) is 0.877. The van der Waals surface area contributed by atoms with Gasteiger partial charge in [0.2, 0.25) is 0 Å². The van der Waals surface area contributed by atoms with Gasteiger partial charge >= 0.3 is 0 Å². The zero-order valence-electron chi connectivity index (χ0n) is 10.3. The molecule has 4 heteroatoms. The lowest BCUT2D eigenvalue weighted by Crippen LogP contribution is -2.40. The number of hydrogen-bond donors (Lipinski definition) is 1. The number of halogens is 1. The van der Waals surface area contributed by atoms with E-state index < -0.39 is 5.67 Å². The topological polar surface area (TPSA) is 30.5 Å². The van der Waals surface area contributed by atoms with Crippen LogP contribution in [0.1, 0.15) is 18.4 Å². The second kappa shape index (κ2) is 4.92. The van der Waals surface area contributed by atoms with Crippen molar-refractivity contribution in [2.45, 2.75) is 18.5 Å². The highest BCUT2D eigenvalue weighted by Crippen LogP contribution is 2.36. The van der Waals surface area contributed by atoms with Crippen LogP contribution >= 0.6 is 0 Å². The number of nitrogens with one attached hydrogen (secondary N) is 1. The minimum atomic E-state index is -1.32. The van der Waals surface area contributed by atoms with Crippen LogP contribution in [0.5, 0.6) is 11.5 Å². The van der Waals surface area contributed by atoms with E-state index in [4.69, 9.17) is 9.47 Å². The molecule has 0 amide bonds. The Hall–Kier alpha value is -1.29. The average molecular weight is 239 g/mol. The molecule has 1 unspecified atom stereocenters. The van der Waals surface area contributed by atoms with Gasteiger partial charge in [0.05, 0.1) is 14.2 Å². The smallest absolute Gasteiger partial charge is 0.148 e. The molecule has 0 aromatic heterocycles. The summed E-state index contributed by atoms with van der Waals surface area (Å²) < 4.78 is 25.1. The molecule has 3 nitrogen and oxygen atoms in total. The number of ether oxygens (including phenoxy) is 2. The maximum Gasteiger partial charge on any atom is 0.148 e. The highest BCUT2D eigenvalue weighted by atomic mass is 19.1. The lowest BCUT2D eigenvalue weighted by Gasteiger charge is -2.31. The van der Waals surface area contributed by atoms with Crippen molar-refractivity contribution in [3.8, 4) is 11.5 Å². The number of piperidine rings is 1. The molecule has 17 heavy (non-hydrogen) atoms. The van der Waals surface area contributed by atoms with Gasteiger partial charge in [-0.3, -0.25) is 0 Å². The van der Waals surface area contributed by atoms with E-state index in [1.807, 2.05) is 0 Å². The van der Waals surface area contributed by atoms with E-state index in [-0.39, 0.29) is 0 Å². The minimum absolute atomic E-state index is 0.351. The standard InChI is InChI=1S/C13H18FNO2/c1-16-11-6-10(7-12(8-11)17-2)13(14)4-3-5-15-9-13/h6-8,15H,3-5,9H2,1-2H3. The van der Waals surface area contributed by atoms with Gasteiger partial charge in [-0.25, -0.2) is 4.39 Å². The van der Waals surface area contributed by atoms with Crippen molar-refractivity contribution in [2.75, 3.05) is 27.3 Å². The Kier molecular flexibility index (Phi) is 3.52. The number of benzene rings is 1. The molecule has 1 saturated heterocycles. The van der Waals surface area contributed by atoms with Crippen molar-refractivity contribution in [3.63, 3.8) is 0 Å². The fourth-order valence-corrected chi connectivity index (χ4v) is 2.18. The zero-order valence-corrected chi connectivity index (χ0v) is 10.3. The molecule has 1 N–H and O–H groups in total. The Morgan fingerprint density at radius 3 is 2.29 bits per heavy atom. The maximum absolute atomic E-state index is 14.8. The molecular formula is C13H18FNO2. The molecule has 0 radical (unpaired) electrons. The molecule has 1 aromatic carbocycles. The van der Waals surface area contributed by atoms with Crippen LogP contribution in [0.2, 0.25) is 0 Å². The van der Waals surface area contributed by atoms with Crippen LogP contribution in [0, 0.1) is 0 Å². The zero-order chi connectivity index (χ0) is 12.3. The van der Waals surface area contributed by atoms with E-state index in [1.54, 1.807) is 32.4 Å². The van der Waals surface area contributed by atoms with E-state index in [0.29, 0.717) is 30.0 Å². The van der Waals surface area contributed by atoms with Gasteiger partial charge in [0.25, 0.3) is 0 Å². The highest BCUT2D eigenvalue weighted by Gasteiger charge is 2.34. The van der Waals surface area contributed by atoms with Crippen LogP contribution in [0.25, 0.3) is 0 Å². The molecular weight excluding hydrogens is 221 g/mol. The van der Waals surface area contributed by atoms with Crippen molar-refractivity contribution in [1.29, 1.82) is 0 Å². The minimum Gasteiger partial charge on any atom is -0.497 e. The summed E-state index contributed by atoms with van der Waals surface area (Å²) in [5, 5.41) is 3.09. The molecule has 1 atom stereocenters. The summed E-state index contributed by atoms with van der Waals surface area (Å²) in [7, 11) is 3.14. The predicted octanol–water partition coefficient (Wildman–Crippen LogP) is 2.25. The van der Waals surface area contributed by atoms with Crippen LogP contribution in [0.4, 0.5) is 4.39 Å². The van der Waals surface area contributed by atoms with Crippen molar-refractivity contribution >= 4 is 0 Å². The molecule has 0 saturated carbocycles. The van der Waals surface area contributed by atoms with Gasteiger partial charge in [0.15, 0.2) is 0 Å². The first-order chi connectivity index (χ1) is 8.18. The molecule has 1 fully saturated rings. The molecule has 2 rings (SSSR count). The summed E-state index contributed by atoms with van der Waals surface area (Å²) in [6, 6.07) is 5.24. The number of rotatable bonds is 3. The van der Waals surface area contributed by atoms with Crippen LogP contribution in [0.15, 0.2) is 18.2 Å². The molecule has 0 bridgehead atoms. The molecule has 94 valence electrons. The van der Waals surface area contributed by atoms with Crippen molar-refractivity contribution in [3.05, 3.63) is 23.8 Å². The van der Waals surface area contributed by atoms with E-state index in [0.717, 1.165) is 13.0 Å². The van der Waals surface area contributed by atoms with Crippen molar-refractivity contribution < 1.29 is 13.9 Å². The fourth-order valence-electron chi connectivity index (χ4n) is 2.18. The monoisotopic (exact) mass is 239 g/mol. The number of methoxy groups -OCH3 is 2. The first-order valence-corrected chi connectivity index (χ1v) is 5.81. The summed E-state index contributed by atoms with van der Waals surface area (Å²) in [5.74, 6) is 1.25. The second-order valence-electron chi connectivity index (χ2n) is 4.35. The van der Waals surface area contributed by atoms with Gasteiger partial charge < -0.3 is 14.8 Å². The van der Waals surface area contributed by atoms with Crippen LogP contribution < -0.4 is 14.8 Å². The van der Waals surface area contributed by atoms with Gasteiger partial charge in [-0.15, -0.1) is 0 Å². The predicted molar refractivity (Wildman–Crippen MR) is 64.4 cm³/mol. The van der Waals surface area contributed by atoms with Crippen LogP contribution in [-0.4, -0.2) is 27.3 Å². The van der Waals surface area contributed by atoms with Crippen LogP contribution in [0.3, 0.4) is 0 Å². The third-order valence-electron chi connectivity index (χ3n) is 3.20. The van der Waals surface area contributed by atoms with Crippen molar-refractivity contribution in [2.24, 2.45) is 0 Å². The molecule has 1 aliphatic heterocycles. The third-order valence-corrected chi connectivity index (χ3v) is 3.20. The average Bonchev–Trinajstić information content (AvgIpc) is 2.39. The summed E-state index contributed by atoms with van der Waals surface area (Å²) in [5.41, 5.74) is -0.694. The van der Waals surface area contributed by atoms with Gasteiger partial charge in [0, 0.05) is 12.6 Å². The summed E-state index contributed by atoms with van der Waals surface area (Å²) >= 11 is 0. The van der Waals surface area contributed by atoms with Gasteiger partial charge in [-0.2, -0.15) is 0 Å². The maximum atomic E-state index is 14.8. The summed E-state index contributed by atoms with van der Waals surface area (Å²) in [6.45, 7) is 1.23. The van der Waals surface area contributed by atoms with E-state index >= 15 is 0 Å². The molecule has 0 spiro atoms. The van der Waals surface area contributed by atoms with Gasteiger partial charge in [0.1, 0.15) is 17.2 Å². The van der Waals surface area contributed by atoms with E-state index in [1.165, 1.54) is 0 Å². The second-order valence-corrected chi connectivity index (χ2v) is 4.35. The highest BCUT2D eigenvalue weighted by molar-refractivity contribution is 5.41. The Bertz CT molecular complexity index is 367. The van der Waals surface area contributed by atoms with Gasteiger partial charge in [-0.05, 0) is 37.1 Å². The molecule has 0 aliphatic carbocycles. The Balaban J connectivity index is 2.35. The largest absolute Gasteiger partial charge is 0.497 e. The first-order valence-electron chi connectivity index (χ1n) is 5.81. The summed E-state index contributed by atoms with van der Waals surface area (Å²) in [6.07, 6.45) is 1.38. The lowest BCUT2D eigenvalue weighted by molar-refractivity contribution is 0.121. The lowest BCUT2D eigenvalue weighted by atomic mass is 9.88. The fraction of sp³-hybridized carbons (Fsp3) is 0.538.